The van der Waals surface area contributed by atoms with Crippen LogP contribution in [0, 0.1) is 0 Å². The molecule has 2 aliphatic rings. The molecule has 6 heteroatoms. The number of carbonyl (C=O) groups is 1. The molecule has 3 rings (SSSR count). The van der Waals surface area contributed by atoms with Crippen molar-refractivity contribution < 1.29 is 4.79 Å². The molecule has 2 N–H and O–H groups in total. The summed E-state index contributed by atoms with van der Waals surface area (Å²) < 4.78 is 0. The Bertz CT molecular complexity index is 461. The Labute approximate surface area is 112 Å². The van der Waals surface area contributed by atoms with E-state index in [4.69, 9.17) is 0 Å². The fourth-order valence-corrected chi connectivity index (χ4v) is 3.10. The lowest BCUT2D eigenvalue weighted by molar-refractivity contribution is 0.0957. The molecule has 3 heterocycles. The second kappa shape index (κ2) is 5.13. The number of hydrogen-bond donors (Lipinski definition) is 2. The van der Waals surface area contributed by atoms with Gasteiger partial charge in [0.1, 0.15) is 5.82 Å². The van der Waals surface area contributed by atoms with Gasteiger partial charge in [-0.05, 0) is 37.9 Å². The van der Waals surface area contributed by atoms with Gasteiger partial charge >= 0.3 is 0 Å². The summed E-state index contributed by atoms with van der Waals surface area (Å²) in [7, 11) is 1.59. The Morgan fingerprint density at radius 3 is 2.95 bits per heavy atom. The molecule has 2 saturated heterocycles. The average Bonchev–Trinajstić information content (AvgIpc) is 3.04. The molecule has 1 aromatic rings. The van der Waals surface area contributed by atoms with Crippen molar-refractivity contribution in [2.75, 3.05) is 25.5 Å². The number of fused-ring (bicyclic) bond motifs is 1. The summed E-state index contributed by atoms with van der Waals surface area (Å²) in [6.45, 7) is 2.40. The molecule has 19 heavy (non-hydrogen) atoms. The van der Waals surface area contributed by atoms with E-state index in [9.17, 15) is 4.79 Å². The van der Waals surface area contributed by atoms with Gasteiger partial charge in [-0.15, -0.1) is 10.2 Å². The number of aromatic nitrogens is 2. The Morgan fingerprint density at radius 1 is 1.32 bits per heavy atom. The zero-order valence-electron chi connectivity index (χ0n) is 11.1. The monoisotopic (exact) mass is 261 g/mol. The van der Waals surface area contributed by atoms with Crippen molar-refractivity contribution in [3.8, 4) is 0 Å². The molecule has 0 aromatic carbocycles. The third-order valence-corrected chi connectivity index (χ3v) is 4.06. The molecule has 102 valence electrons. The van der Waals surface area contributed by atoms with Gasteiger partial charge in [-0.3, -0.25) is 9.69 Å². The summed E-state index contributed by atoms with van der Waals surface area (Å²) in [5.74, 6) is 0.549. The average molecular weight is 261 g/mol. The number of hydrogen-bond acceptors (Lipinski definition) is 5. The number of nitrogens with zero attached hydrogens (tertiary/aromatic N) is 3. The second-order valence-corrected chi connectivity index (χ2v) is 5.17. The van der Waals surface area contributed by atoms with Crippen LogP contribution in [0.15, 0.2) is 12.1 Å². The molecule has 2 unspecified atom stereocenters. The van der Waals surface area contributed by atoms with Crippen LogP contribution in [0.4, 0.5) is 5.82 Å². The first kappa shape index (κ1) is 12.3. The first-order valence-corrected chi connectivity index (χ1v) is 6.84. The first-order valence-electron chi connectivity index (χ1n) is 6.84. The zero-order chi connectivity index (χ0) is 13.2. The van der Waals surface area contributed by atoms with E-state index in [1.165, 1.54) is 25.9 Å². The number of rotatable bonds is 3. The molecule has 1 aromatic heterocycles. The summed E-state index contributed by atoms with van der Waals surface area (Å²) in [6, 6.07) is 4.63. The fourth-order valence-electron chi connectivity index (χ4n) is 3.10. The molecule has 6 nitrogen and oxygen atoms in total. The number of amides is 1. The third kappa shape index (κ3) is 2.40. The summed E-state index contributed by atoms with van der Waals surface area (Å²) in [6.07, 6.45) is 3.72. The molecule has 2 atom stereocenters. The highest BCUT2D eigenvalue weighted by Crippen LogP contribution is 2.29. The van der Waals surface area contributed by atoms with Crippen LogP contribution in [0.25, 0.3) is 0 Å². The molecule has 2 aliphatic heterocycles. The summed E-state index contributed by atoms with van der Waals surface area (Å²) in [4.78, 5) is 13.9. The lowest BCUT2D eigenvalue weighted by Crippen LogP contribution is -2.34. The highest BCUT2D eigenvalue weighted by atomic mass is 16.1. The van der Waals surface area contributed by atoms with E-state index in [0.29, 0.717) is 17.8 Å². The highest BCUT2D eigenvalue weighted by molar-refractivity contribution is 5.91. The number of carbonyl (C=O) groups excluding carboxylic acids is 1. The minimum atomic E-state index is -0.207. The van der Waals surface area contributed by atoms with Gasteiger partial charge < -0.3 is 10.6 Å². The summed E-state index contributed by atoms with van der Waals surface area (Å²) in [5, 5.41) is 14.0. The number of nitrogens with one attached hydrogen (secondary N) is 2. The maximum absolute atomic E-state index is 11.4. The van der Waals surface area contributed by atoms with Crippen molar-refractivity contribution in [1.29, 1.82) is 0 Å². The van der Waals surface area contributed by atoms with Crippen LogP contribution in [0.3, 0.4) is 0 Å². The third-order valence-electron chi connectivity index (χ3n) is 4.06. The zero-order valence-corrected chi connectivity index (χ0v) is 11.1. The van der Waals surface area contributed by atoms with Crippen LogP contribution in [0.5, 0.6) is 0 Å². The van der Waals surface area contributed by atoms with E-state index >= 15 is 0 Å². The van der Waals surface area contributed by atoms with Crippen molar-refractivity contribution >= 4 is 11.7 Å². The normalized spacial score (nSPS) is 26.2. The van der Waals surface area contributed by atoms with Crippen LogP contribution < -0.4 is 10.6 Å². The van der Waals surface area contributed by atoms with Gasteiger partial charge in [0.15, 0.2) is 5.69 Å². The minimum Gasteiger partial charge on any atom is -0.364 e. The molecule has 0 saturated carbocycles. The second-order valence-electron chi connectivity index (χ2n) is 5.17. The molecular weight excluding hydrogens is 242 g/mol. The van der Waals surface area contributed by atoms with E-state index < -0.39 is 0 Å². The minimum absolute atomic E-state index is 0.207. The maximum atomic E-state index is 11.4. The van der Waals surface area contributed by atoms with Gasteiger partial charge in [-0.25, -0.2) is 0 Å². The van der Waals surface area contributed by atoms with Gasteiger partial charge in [-0.1, -0.05) is 0 Å². The van der Waals surface area contributed by atoms with Gasteiger partial charge in [0.25, 0.3) is 5.91 Å². The Hall–Kier alpha value is -1.69. The largest absolute Gasteiger partial charge is 0.364 e. The summed E-state index contributed by atoms with van der Waals surface area (Å²) >= 11 is 0. The van der Waals surface area contributed by atoms with Crippen LogP contribution in [-0.4, -0.2) is 53.2 Å². The molecule has 0 radical (unpaired) electrons. The molecular formula is C13H19N5O. The predicted molar refractivity (Wildman–Crippen MR) is 72.0 cm³/mol. The Balaban J connectivity index is 1.65. The van der Waals surface area contributed by atoms with Crippen LogP contribution in [0.1, 0.15) is 29.8 Å². The molecule has 0 spiro atoms. The van der Waals surface area contributed by atoms with Crippen LogP contribution in [-0.2, 0) is 0 Å². The summed E-state index contributed by atoms with van der Waals surface area (Å²) in [5.41, 5.74) is 0.349. The van der Waals surface area contributed by atoms with E-state index in [1.54, 1.807) is 13.1 Å². The Morgan fingerprint density at radius 2 is 2.21 bits per heavy atom. The lowest BCUT2D eigenvalue weighted by atomic mass is 10.1. The molecule has 0 aliphatic carbocycles. The topological polar surface area (TPSA) is 70.2 Å². The SMILES string of the molecule is CNC(=O)c1ccc(NC2CCN3CCCC23)nn1. The number of anilines is 1. The highest BCUT2D eigenvalue weighted by Gasteiger charge is 2.37. The van der Waals surface area contributed by atoms with E-state index in [0.717, 1.165) is 12.2 Å². The predicted octanol–water partition coefficient (Wildman–Crippen LogP) is 0.485. The van der Waals surface area contributed by atoms with E-state index in [1.807, 2.05) is 6.07 Å². The van der Waals surface area contributed by atoms with Gasteiger partial charge in [0, 0.05) is 25.7 Å². The van der Waals surface area contributed by atoms with E-state index in [-0.39, 0.29) is 5.91 Å². The Kier molecular flexibility index (Phi) is 3.33. The maximum Gasteiger partial charge on any atom is 0.271 e. The smallest absolute Gasteiger partial charge is 0.271 e. The van der Waals surface area contributed by atoms with Gasteiger partial charge in [0.05, 0.1) is 0 Å². The molecule has 1 amide bonds. The molecule has 0 bridgehead atoms. The van der Waals surface area contributed by atoms with Gasteiger partial charge in [0.2, 0.25) is 0 Å². The lowest BCUT2D eigenvalue weighted by Gasteiger charge is -2.21. The van der Waals surface area contributed by atoms with Crippen LogP contribution >= 0.6 is 0 Å². The van der Waals surface area contributed by atoms with Crippen molar-refractivity contribution in [3.05, 3.63) is 17.8 Å². The molecule has 2 fully saturated rings. The fraction of sp³-hybridized carbons (Fsp3) is 0.615. The van der Waals surface area contributed by atoms with Crippen LogP contribution in [0.2, 0.25) is 0 Å². The van der Waals surface area contributed by atoms with Crippen molar-refractivity contribution in [3.63, 3.8) is 0 Å². The standard InChI is InChI=1S/C13H19N5O/c1-14-13(19)10-4-5-12(17-16-10)15-9-6-8-18-7-2-3-11(9)18/h4-5,9,11H,2-3,6-8H2,1H3,(H,14,19)(H,15,17). The van der Waals surface area contributed by atoms with E-state index in [2.05, 4.69) is 25.7 Å². The van der Waals surface area contributed by atoms with Crippen molar-refractivity contribution in [1.82, 2.24) is 20.4 Å². The first-order chi connectivity index (χ1) is 9.28. The quantitative estimate of drug-likeness (QED) is 0.828. The van der Waals surface area contributed by atoms with Crippen molar-refractivity contribution in [2.45, 2.75) is 31.3 Å². The van der Waals surface area contributed by atoms with Crippen molar-refractivity contribution in [2.24, 2.45) is 0 Å². The van der Waals surface area contributed by atoms with Gasteiger partial charge in [-0.2, -0.15) is 0 Å².